The summed E-state index contributed by atoms with van der Waals surface area (Å²) in [5, 5.41) is 7.97. The molecule has 2 aliphatic rings. The molecule has 6 rings (SSSR count). The summed E-state index contributed by atoms with van der Waals surface area (Å²) in [6, 6.07) is 21.0. The van der Waals surface area contributed by atoms with E-state index in [4.69, 9.17) is 14.9 Å². The van der Waals surface area contributed by atoms with Gasteiger partial charge in [-0.25, -0.2) is 8.42 Å². The third-order valence-corrected chi connectivity index (χ3v) is 8.66. The SMILES string of the molecule is N[C@@H]1CN(Cc2ccc(Oc3ccccc3)cc2)c2cc(-c3nnc(N4CCOC(F)(F)C4)o3)ccc2S(=O)(=O)C1. The van der Waals surface area contributed by atoms with Crippen LogP contribution in [0.25, 0.3) is 11.5 Å². The van der Waals surface area contributed by atoms with Crippen LogP contribution in [0, 0.1) is 0 Å². The predicted octanol–water partition coefficient (Wildman–Crippen LogP) is 4.08. The number of anilines is 2. The van der Waals surface area contributed by atoms with Gasteiger partial charge in [-0.05, 0) is 48.0 Å². The molecule has 3 aromatic carbocycles. The molecule has 0 spiro atoms. The highest BCUT2D eigenvalue weighted by Crippen LogP contribution is 2.36. The highest BCUT2D eigenvalue weighted by Gasteiger charge is 2.38. The van der Waals surface area contributed by atoms with Crippen molar-refractivity contribution in [1.29, 1.82) is 0 Å². The van der Waals surface area contributed by atoms with Gasteiger partial charge in [0.05, 0.1) is 22.9 Å². The van der Waals surface area contributed by atoms with Gasteiger partial charge in [-0.3, -0.25) is 0 Å². The molecule has 1 atom stereocenters. The predicted molar refractivity (Wildman–Crippen MR) is 147 cm³/mol. The number of ether oxygens (including phenoxy) is 2. The van der Waals surface area contributed by atoms with Crippen LogP contribution < -0.4 is 20.3 Å². The number of aromatic nitrogens is 2. The van der Waals surface area contributed by atoms with Crippen LogP contribution in [0.2, 0.25) is 0 Å². The summed E-state index contributed by atoms with van der Waals surface area (Å²) in [7, 11) is -3.68. The Balaban J connectivity index is 1.28. The molecule has 0 radical (unpaired) electrons. The van der Waals surface area contributed by atoms with Gasteiger partial charge in [-0.1, -0.05) is 35.4 Å². The van der Waals surface area contributed by atoms with E-state index in [1.165, 1.54) is 11.0 Å². The molecule has 0 bridgehead atoms. The summed E-state index contributed by atoms with van der Waals surface area (Å²) in [5.41, 5.74) is 8.05. The average Bonchev–Trinajstić information content (AvgIpc) is 3.41. The number of morpholine rings is 1. The molecule has 0 saturated carbocycles. The molecular formula is C28H27F2N5O5S. The zero-order valence-electron chi connectivity index (χ0n) is 21.8. The minimum Gasteiger partial charge on any atom is -0.457 e. The molecule has 214 valence electrons. The van der Waals surface area contributed by atoms with Gasteiger partial charge in [0.2, 0.25) is 5.89 Å². The van der Waals surface area contributed by atoms with E-state index in [9.17, 15) is 17.2 Å². The fourth-order valence-electron chi connectivity index (χ4n) is 4.90. The summed E-state index contributed by atoms with van der Waals surface area (Å²) in [4.78, 5) is 3.30. The molecule has 2 N–H and O–H groups in total. The van der Waals surface area contributed by atoms with Crippen LogP contribution in [-0.4, -0.2) is 62.8 Å². The first kappa shape index (κ1) is 27.1. The second kappa shape index (κ2) is 10.7. The number of benzene rings is 3. The number of hydrogen-bond donors (Lipinski definition) is 1. The molecule has 0 aliphatic carbocycles. The van der Waals surface area contributed by atoms with Crippen LogP contribution in [0.1, 0.15) is 5.56 Å². The van der Waals surface area contributed by atoms with E-state index in [1.807, 2.05) is 59.5 Å². The molecule has 1 saturated heterocycles. The minimum atomic E-state index is -3.68. The van der Waals surface area contributed by atoms with E-state index >= 15 is 0 Å². The fourth-order valence-corrected chi connectivity index (χ4v) is 6.53. The number of para-hydroxylation sites is 1. The smallest absolute Gasteiger partial charge is 0.373 e. The standard InChI is InChI=1S/C28H27F2N5O5S/c29-28(30)18-34(12-13-38-28)27-33-32-26(40-27)20-8-11-25-24(14-20)35(16-21(31)17-41(25,36)37)15-19-6-9-23(10-7-19)39-22-4-2-1-3-5-22/h1-11,14,21H,12-13,15-18,31H2/t21-/m1/s1. The quantitative estimate of drug-likeness (QED) is 0.355. The number of halogens is 2. The van der Waals surface area contributed by atoms with Gasteiger partial charge in [0, 0.05) is 31.2 Å². The van der Waals surface area contributed by atoms with Crippen LogP contribution in [0.3, 0.4) is 0 Å². The Morgan fingerprint density at radius 3 is 2.54 bits per heavy atom. The first-order valence-corrected chi connectivity index (χ1v) is 14.6. The van der Waals surface area contributed by atoms with Crippen LogP contribution >= 0.6 is 0 Å². The number of sulfone groups is 1. The molecule has 0 amide bonds. The van der Waals surface area contributed by atoms with E-state index in [1.54, 1.807) is 12.1 Å². The van der Waals surface area contributed by atoms with E-state index in [0.29, 0.717) is 23.5 Å². The molecule has 41 heavy (non-hydrogen) atoms. The molecule has 2 aliphatic heterocycles. The first-order chi connectivity index (χ1) is 19.6. The van der Waals surface area contributed by atoms with Gasteiger partial charge in [0.1, 0.15) is 18.0 Å². The summed E-state index contributed by atoms with van der Waals surface area (Å²) in [6.07, 6.45) is -3.32. The zero-order chi connectivity index (χ0) is 28.6. The average molecular weight is 584 g/mol. The molecular weight excluding hydrogens is 556 g/mol. The Labute approximate surface area is 235 Å². The highest BCUT2D eigenvalue weighted by atomic mass is 32.2. The summed E-state index contributed by atoms with van der Waals surface area (Å²) < 4.78 is 69.8. The van der Waals surface area contributed by atoms with Crippen molar-refractivity contribution < 1.29 is 31.1 Å². The lowest BCUT2D eigenvalue weighted by Gasteiger charge is -2.30. The largest absolute Gasteiger partial charge is 0.457 e. The van der Waals surface area contributed by atoms with Crippen LogP contribution in [-0.2, 0) is 21.1 Å². The van der Waals surface area contributed by atoms with Crippen molar-refractivity contribution in [3.63, 3.8) is 0 Å². The minimum absolute atomic E-state index is 0.0674. The van der Waals surface area contributed by atoms with Crippen molar-refractivity contribution in [3.05, 3.63) is 78.4 Å². The van der Waals surface area contributed by atoms with Gasteiger partial charge >= 0.3 is 12.1 Å². The topological polar surface area (TPSA) is 124 Å². The van der Waals surface area contributed by atoms with Crippen molar-refractivity contribution in [2.45, 2.75) is 23.6 Å². The Morgan fingerprint density at radius 2 is 1.78 bits per heavy atom. The number of rotatable bonds is 6. The molecule has 3 heterocycles. The second-order valence-electron chi connectivity index (χ2n) is 9.96. The third-order valence-electron chi connectivity index (χ3n) is 6.78. The highest BCUT2D eigenvalue weighted by molar-refractivity contribution is 7.91. The van der Waals surface area contributed by atoms with E-state index in [2.05, 4.69) is 14.9 Å². The number of hydrogen-bond acceptors (Lipinski definition) is 10. The maximum Gasteiger partial charge on any atom is 0.373 e. The summed E-state index contributed by atoms with van der Waals surface area (Å²) in [5.74, 6) is 1.26. The number of fused-ring (bicyclic) bond motifs is 1. The second-order valence-corrected chi connectivity index (χ2v) is 12.0. The van der Waals surface area contributed by atoms with E-state index < -0.39 is 28.5 Å². The van der Waals surface area contributed by atoms with Crippen LogP contribution in [0.15, 0.2) is 82.1 Å². The maximum atomic E-state index is 13.7. The van der Waals surface area contributed by atoms with Crippen molar-refractivity contribution in [1.82, 2.24) is 10.2 Å². The molecule has 4 aromatic rings. The summed E-state index contributed by atoms with van der Waals surface area (Å²) >= 11 is 0. The van der Waals surface area contributed by atoms with Crippen molar-refractivity contribution >= 4 is 21.5 Å². The van der Waals surface area contributed by atoms with Crippen molar-refractivity contribution in [2.24, 2.45) is 5.73 Å². The molecule has 1 fully saturated rings. The normalized spacial score (nSPS) is 19.8. The van der Waals surface area contributed by atoms with Crippen LogP contribution in [0.5, 0.6) is 11.5 Å². The van der Waals surface area contributed by atoms with Gasteiger partial charge in [-0.2, -0.15) is 8.78 Å². The van der Waals surface area contributed by atoms with Gasteiger partial charge in [-0.15, -0.1) is 5.10 Å². The fraction of sp³-hybridized carbons (Fsp3) is 0.286. The lowest BCUT2D eigenvalue weighted by Crippen LogP contribution is -2.46. The zero-order valence-corrected chi connectivity index (χ0v) is 22.6. The Kier molecular flexibility index (Phi) is 7.09. The third kappa shape index (κ3) is 6.01. The summed E-state index contributed by atoms with van der Waals surface area (Å²) in [6.45, 7) is -0.0620. The Morgan fingerprint density at radius 1 is 1.02 bits per heavy atom. The molecule has 10 nitrogen and oxygen atoms in total. The van der Waals surface area contributed by atoms with Crippen molar-refractivity contribution in [3.8, 4) is 23.0 Å². The number of nitrogens with zero attached hydrogens (tertiary/aromatic N) is 4. The van der Waals surface area contributed by atoms with Gasteiger partial charge in [0.25, 0.3) is 0 Å². The van der Waals surface area contributed by atoms with Gasteiger partial charge in [0.15, 0.2) is 9.84 Å². The molecule has 1 aromatic heterocycles. The van der Waals surface area contributed by atoms with Crippen LogP contribution in [0.4, 0.5) is 20.5 Å². The monoisotopic (exact) mass is 583 g/mol. The maximum absolute atomic E-state index is 13.7. The Bertz CT molecular complexity index is 1630. The Hall–Kier alpha value is -4.07. The lowest BCUT2D eigenvalue weighted by atomic mass is 10.1. The van der Waals surface area contributed by atoms with E-state index in [0.717, 1.165) is 11.3 Å². The first-order valence-electron chi connectivity index (χ1n) is 12.9. The molecule has 0 unspecified atom stereocenters. The number of nitrogens with two attached hydrogens (primary N) is 1. The number of alkyl halides is 2. The molecule has 13 heteroatoms. The van der Waals surface area contributed by atoms with Gasteiger partial charge < -0.3 is 29.4 Å². The van der Waals surface area contributed by atoms with E-state index in [-0.39, 0.29) is 42.3 Å². The lowest BCUT2D eigenvalue weighted by molar-refractivity contribution is -0.240. The van der Waals surface area contributed by atoms with Crippen molar-refractivity contribution in [2.75, 3.05) is 41.8 Å².